The van der Waals surface area contributed by atoms with Crippen LogP contribution in [-0.2, 0) is 25.7 Å². The summed E-state index contributed by atoms with van der Waals surface area (Å²) in [7, 11) is 0. The van der Waals surface area contributed by atoms with Crippen molar-refractivity contribution in [1.82, 2.24) is 8.51 Å². The van der Waals surface area contributed by atoms with Gasteiger partial charge in [0.05, 0.1) is 0 Å². The van der Waals surface area contributed by atoms with Crippen LogP contribution in [0.1, 0.15) is 47.8 Å². The summed E-state index contributed by atoms with van der Waals surface area (Å²) >= 11 is -0.254. The zero-order valence-corrected chi connectivity index (χ0v) is 19.5. The van der Waals surface area contributed by atoms with E-state index in [1.165, 1.54) is 34.4 Å². The molecule has 5 nitrogen and oxygen atoms in total. The van der Waals surface area contributed by atoms with Gasteiger partial charge >= 0.3 is 188 Å². The Morgan fingerprint density at radius 3 is 2.40 bits per heavy atom. The Balaban J connectivity index is 1.40. The quantitative estimate of drug-likeness (QED) is 0.204. The third-order valence-electron chi connectivity index (χ3n) is 5.93. The second-order valence-corrected chi connectivity index (χ2v) is 11.0. The number of pyridine rings is 1. The minimum atomic E-state index is -0.694. The van der Waals surface area contributed by atoms with Crippen molar-refractivity contribution in [3.63, 3.8) is 0 Å². The molecule has 1 aromatic heterocycles. The number of phenols is 1. The van der Waals surface area contributed by atoms with Crippen LogP contribution in [0.25, 0.3) is 10.9 Å². The number of aromatic hydroxyl groups is 1. The number of aromatic amines is 1. The molecule has 0 spiro atoms. The minimum absolute atomic E-state index is 0.0145. The van der Waals surface area contributed by atoms with Crippen LogP contribution in [0.3, 0.4) is 0 Å². The fraction of sp³-hybridized carbons (Fsp3) is 0.375. The third kappa shape index (κ3) is 4.26. The van der Waals surface area contributed by atoms with E-state index in [4.69, 9.17) is 0 Å². The molecule has 0 unspecified atom stereocenters. The standard InChI is InChI=1S/C24H28IN2O3/c1-3-14-9-16-11-18(12-17(16)10-15(14)4-2)25-26-13-22(29)19-5-7-21(28)24-20(19)6-8-23(30)27-24/h5-10,18,22,26,28-29H,3-4,11-13H2,1-2H3,(H,27,30)/q-1/t22-/m0/s1. The average Bonchev–Trinajstić information content (AvgIpc) is 3.14. The normalized spacial score (nSPS) is 15.0. The molecule has 1 atom stereocenters. The number of aliphatic hydroxyl groups is 1. The van der Waals surface area contributed by atoms with Gasteiger partial charge in [-0.2, -0.15) is 0 Å². The van der Waals surface area contributed by atoms with Gasteiger partial charge in [0.1, 0.15) is 0 Å². The van der Waals surface area contributed by atoms with E-state index in [9.17, 15) is 15.0 Å². The van der Waals surface area contributed by atoms with Gasteiger partial charge < -0.3 is 0 Å². The maximum atomic E-state index is 11.6. The fourth-order valence-electron chi connectivity index (χ4n) is 4.34. The number of rotatable bonds is 7. The Morgan fingerprint density at radius 1 is 1.10 bits per heavy atom. The van der Waals surface area contributed by atoms with Crippen molar-refractivity contribution in [2.45, 2.75) is 49.6 Å². The number of hydrogen-bond acceptors (Lipinski definition) is 4. The number of aromatic nitrogens is 1. The molecule has 0 saturated carbocycles. The number of H-pyrrole nitrogens is 1. The summed E-state index contributed by atoms with van der Waals surface area (Å²) in [5.74, 6) is 0.0145. The second-order valence-electron chi connectivity index (χ2n) is 7.85. The molecule has 0 saturated heterocycles. The summed E-state index contributed by atoms with van der Waals surface area (Å²) in [4.78, 5) is 14.2. The number of hydrogen-bond donors (Lipinski definition) is 4. The zero-order chi connectivity index (χ0) is 21.3. The summed E-state index contributed by atoms with van der Waals surface area (Å²) < 4.78 is 4.18. The summed E-state index contributed by atoms with van der Waals surface area (Å²) in [6.07, 6.45) is 3.75. The number of alkyl halides is 1. The van der Waals surface area contributed by atoms with Crippen molar-refractivity contribution in [2.24, 2.45) is 0 Å². The van der Waals surface area contributed by atoms with Crippen LogP contribution in [0.5, 0.6) is 5.75 Å². The predicted molar refractivity (Wildman–Crippen MR) is 116 cm³/mol. The molecule has 3 aromatic rings. The molecule has 0 fully saturated rings. The molecule has 1 aliphatic rings. The van der Waals surface area contributed by atoms with Gasteiger partial charge in [-0.1, -0.05) is 0 Å². The number of halogens is 1. The van der Waals surface area contributed by atoms with E-state index in [1.807, 2.05) is 0 Å². The van der Waals surface area contributed by atoms with Gasteiger partial charge in [-0.15, -0.1) is 0 Å². The van der Waals surface area contributed by atoms with Crippen molar-refractivity contribution in [2.75, 3.05) is 6.54 Å². The van der Waals surface area contributed by atoms with Crippen LogP contribution in [0.4, 0.5) is 0 Å². The Bertz CT molecular complexity index is 1090. The summed E-state index contributed by atoms with van der Waals surface area (Å²) in [5, 5.41) is 21.4. The van der Waals surface area contributed by atoms with E-state index in [1.54, 1.807) is 12.1 Å². The Labute approximate surface area is 187 Å². The van der Waals surface area contributed by atoms with Gasteiger partial charge in [0, 0.05) is 0 Å². The van der Waals surface area contributed by atoms with Gasteiger partial charge in [0.15, 0.2) is 0 Å². The fourth-order valence-corrected chi connectivity index (χ4v) is 7.03. The molecule has 6 heteroatoms. The first-order chi connectivity index (χ1) is 14.5. The van der Waals surface area contributed by atoms with Crippen molar-refractivity contribution in [3.8, 4) is 5.75 Å². The molecule has 0 amide bonds. The Hall–Kier alpha value is -1.90. The molecule has 0 bridgehead atoms. The molecular formula is C24H28IN2O3-. The van der Waals surface area contributed by atoms with E-state index >= 15 is 0 Å². The van der Waals surface area contributed by atoms with Crippen LogP contribution >= 0.6 is 0 Å². The van der Waals surface area contributed by atoms with Gasteiger partial charge in [0.2, 0.25) is 0 Å². The SMILES string of the molecule is CCc1cc2c(cc1CC)CC([I-]NC[C@H](O)c1ccc(O)c3[nH]c(=O)ccc13)C2. The molecule has 0 radical (unpaired) electrons. The van der Waals surface area contributed by atoms with Crippen molar-refractivity contribution in [3.05, 3.63) is 74.6 Å². The van der Waals surface area contributed by atoms with E-state index < -0.39 is 6.10 Å². The molecule has 30 heavy (non-hydrogen) atoms. The van der Waals surface area contributed by atoms with Gasteiger partial charge in [0.25, 0.3) is 0 Å². The Morgan fingerprint density at radius 2 is 1.77 bits per heavy atom. The first-order valence-corrected chi connectivity index (χ1v) is 12.8. The first-order valence-electron chi connectivity index (χ1n) is 10.5. The van der Waals surface area contributed by atoms with Crippen LogP contribution in [0, 0.1) is 0 Å². The molecule has 2 aromatic carbocycles. The van der Waals surface area contributed by atoms with Gasteiger partial charge in [-0.3, -0.25) is 0 Å². The van der Waals surface area contributed by atoms with Crippen molar-refractivity contribution >= 4 is 10.9 Å². The number of aryl methyl sites for hydroxylation is 2. The summed E-state index contributed by atoms with van der Waals surface area (Å²) in [6.45, 7) is 4.93. The maximum absolute atomic E-state index is 11.6. The van der Waals surface area contributed by atoms with E-state index in [0.29, 0.717) is 26.9 Å². The molecule has 0 aliphatic heterocycles. The summed E-state index contributed by atoms with van der Waals surface area (Å²) in [6, 6.07) is 11.2. The number of phenolic OH excluding ortho intramolecular Hbond substituents is 1. The van der Waals surface area contributed by atoms with Crippen molar-refractivity contribution < 1.29 is 31.7 Å². The topological polar surface area (TPSA) is 85.3 Å². The average molecular weight is 519 g/mol. The monoisotopic (exact) mass is 519 g/mol. The number of nitrogens with one attached hydrogen (secondary N) is 2. The van der Waals surface area contributed by atoms with Crippen LogP contribution in [0.2, 0.25) is 0 Å². The van der Waals surface area contributed by atoms with Crippen LogP contribution in [0.15, 0.2) is 41.2 Å². The van der Waals surface area contributed by atoms with E-state index in [0.717, 1.165) is 25.7 Å². The van der Waals surface area contributed by atoms with Gasteiger partial charge in [-0.05, 0) is 0 Å². The Kier molecular flexibility index (Phi) is 6.46. The zero-order valence-electron chi connectivity index (χ0n) is 17.3. The molecule has 1 heterocycles. The summed E-state index contributed by atoms with van der Waals surface area (Å²) in [5.41, 5.74) is 6.79. The molecular weight excluding hydrogens is 491 g/mol. The first kappa shape index (κ1) is 21.3. The van der Waals surface area contributed by atoms with Crippen molar-refractivity contribution in [1.29, 1.82) is 0 Å². The molecule has 4 N–H and O–H groups in total. The van der Waals surface area contributed by atoms with Gasteiger partial charge in [-0.25, -0.2) is 0 Å². The van der Waals surface area contributed by atoms with Crippen LogP contribution in [-0.4, -0.2) is 25.7 Å². The predicted octanol–water partition coefficient (Wildman–Crippen LogP) is 0.153. The molecule has 4 rings (SSSR count). The second kappa shape index (κ2) is 9.08. The van der Waals surface area contributed by atoms with Crippen LogP contribution < -0.4 is 30.6 Å². The molecule has 160 valence electrons. The third-order valence-corrected chi connectivity index (χ3v) is 8.58. The molecule has 1 aliphatic carbocycles. The number of aliphatic hydroxyl groups excluding tert-OH is 1. The number of fused-ring (bicyclic) bond motifs is 2. The number of benzene rings is 2. The van der Waals surface area contributed by atoms with E-state index in [2.05, 4.69) is 34.5 Å². The van der Waals surface area contributed by atoms with E-state index in [-0.39, 0.29) is 32.8 Å².